The number of pyridine rings is 1. The van der Waals surface area contributed by atoms with E-state index in [1.54, 1.807) is 19.1 Å². The van der Waals surface area contributed by atoms with E-state index < -0.39 is 36.3 Å². The minimum atomic E-state index is -4.47. The third-order valence-corrected chi connectivity index (χ3v) is 5.55. The molecule has 1 atom stereocenters. The van der Waals surface area contributed by atoms with Gasteiger partial charge in [-0.25, -0.2) is 4.99 Å². The molecule has 0 unspecified atom stereocenters. The molecule has 188 valence electrons. The predicted molar refractivity (Wildman–Crippen MR) is 118 cm³/mol. The Kier molecular flexibility index (Phi) is 7.28. The topological polar surface area (TPSA) is 63.6 Å². The molecule has 1 aromatic carbocycles. The Morgan fingerprint density at radius 3 is 2.43 bits per heavy atom. The Labute approximate surface area is 197 Å². The van der Waals surface area contributed by atoms with E-state index in [0.29, 0.717) is 17.0 Å². The molecule has 11 heteroatoms. The Morgan fingerprint density at radius 1 is 1.11 bits per heavy atom. The third-order valence-electron chi connectivity index (χ3n) is 5.55. The minimum absolute atomic E-state index is 0.0606. The highest BCUT2D eigenvalue weighted by Gasteiger charge is 2.48. The van der Waals surface area contributed by atoms with Crippen LogP contribution in [0.4, 0.5) is 26.3 Å². The summed E-state index contributed by atoms with van der Waals surface area (Å²) in [6, 6.07) is 8.13. The van der Waals surface area contributed by atoms with Crippen LogP contribution < -0.4 is 10.1 Å². The van der Waals surface area contributed by atoms with Crippen LogP contribution in [0.1, 0.15) is 50.1 Å². The molecule has 0 saturated heterocycles. The Morgan fingerprint density at radius 2 is 1.83 bits per heavy atom. The summed E-state index contributed by atoms with van der Waals surface area (Å²) in [5.41, 5.74) is -0.538. The number of amides is 1. The van der Waals surface area contributed by atoms with Gasteiger partial charge in [0.1, 0.15) is 11.5 Å². The SMILES string of the molecule is C[C@@H](NC(=O)C1=NC(c2cccc(C(C)(C)C(F)(F)F)c2)=CC1)c1ccc(OCC(F)(F)F)cn1. The van der Waals surface area contributed by atoms with Crippen molar-refractivity contribution in [3.05, 3.63) is 65.5 Å². The first-order valence-corrected chi connectivity index (χ1v) is 10.6. The Balaban J connectivity index is 1.65. The van der Waals surface area contributed by atoms with Crippen LogP contribution in [0.3, 0.4) is 0 Å². The van der Waals surface area contributed by atoms with Gasteiger partial charge in [0.05, 0.1) is 29.0 Å². The van der Waals surface area contributed by atoms with Gasteiger partial charge in [-0.3, -0.25) is 9.78 Å². The molecule has 35 heavy (non-hydrogen) atoms. The summed E-state index contributed by atoms with van der Waals surface area (Å²) in [6.07, 6.45) is -5.92. The number of rotatable bonds is 7. The van der Waals surface area contributed by atoms with E-state index >= 15 is 0 Å². The monoisotopic (exact) mass is 499 g/mol. The fraction of sp³-hybridized carbons (Fsp3) is 0.375. The summed E-state index contributed by atoms with van der Waals surface area (Å²) >= 11 is 0. The molecular weight excluding hydrogens is 476 g/mol. The standard InChI is InChI=1S/C24H23F6N3O2/c1-14(18-8-7-17(12-31-18)35-13-23(25,26)27)32-21(34)20-10-9-19(33-20)15-5-4-6-16(11-15)22(2,3)24(28,29)30/h4-9,11-12,14H,10,13H2,1-3H3,(H,32,34)/t14-/m1/s1. The quantitative estimate of drug-likeness (QED) is 0.481. The van der Waals surface area contributed by atoms with Gasteiger partial charge in [0.25, 0.3) is 5.91 Å². The van der Waals surface area contributed by atoms with Crippen molar-refractivity contribution >= 4 is 17.3 Å². The first-order chi connectivity index (χ1) is 16.2. The highest BCUT2D eigenvalue weighted by Crippen LogP contribution is 2.41. The smallest absolute Gasteiger partial charge is 0.422 e. The molecule has 1 aliphatic heterocycles. The van der Waals surface area contributed by atoms with Crippen molar-refractivity contribution in [3.8, 4) is 5.75 Å². The number of nitrogens with zero attached hydrogens (tertiary/aromatic N) is 2. The number of ether oxygens (including phenoxy) is 1. The molecule has 2 heterocycles. The number of aromatic nitrogens is 1. The molecule has 1 aromatic heterocycles. The van der Waals surface area contributed by atoms with Crippen molar-refractivity contribution in [2.45, 2.75) is 51.0 Å². The van der Waals surface area contributed by atoms with Crippen molar-refractivity contribution in [3.63, 3.8) is 0 Å². The first-order valence-electron chi connectivity index (χ1n) is 10.6. The Hall–Kier alpha value is -3.37. The Bertz CT molecular complexity index is 1140. The number of nitrogens with one attached hydrogen (secondary N) is 1. The molecule has 1 aliphatic rings. The lowest BCUT2D eigenvalue weighted by Gasteiger charge is -2.28. The highest BCUT2D eigenvalue weighted by atomic mass is 19.4. The maximum atomic E-state index is 13.4. The molecule has 1 amide bonds. The van der Waals surface area contributed by atoms with Gasteiger partial charge in [-0.2, -0.15) is 26.3 Å². The number of halogens is 6. The second-order valence-electron chi connectivity index (χ2n) is 8.57. The summed E-state index contributed by atoms with van der Waals surface area (Å²) in [5, 5.41) is 2.71. The number of alkyl halides is 6. The highest BCUT2D eigenvalue weighted by molar-refractivity contribution is 6.41. The van der Waals surface area contributed by atoms with Gasteiger partial charge in [0.15, 0.2) is 6.61 Å². The fourth-order valence-corrected chi connectivity index (χ4v) is 3.24. The second kappa shape index (κ2) is 9.71. The minimum Gasteiger partial charge on any atom is -0.483 e. The van der Waals surface area contributed by atoms with E-state index in [0.717, 1.165) is 20.0 Å². The van der Waals surface area contributed by atoms with Crippen LogP contribution in [0.25, 0.3) is 5.70 Å². The molecule has 0 radical (unpaired) electrons. The summed E-state index contributed by atoms with van der Waals surface area (Å²) in [5.74, 6) is -0.552. The molecule has 0 saturated carbocycles. The lowest BCUT2D eigenvalue weighted by atomic mass is 9.83. The van der Waals surface area contributed by atoms with E-state index in [1.165, 1.54) is 30.3 Å². The van der Waals surface area contributed by atoms with E-state index in [1.807, 2.05) is 0 Å². The van der Waals surface area contributed by atoms with E-state index in [4.69, 9.17) is 0 Å². The van der Waals surface area contributed by atoms with Gasteiger partial charge < -0.3 is 10.1 Å². The molecule has 0 bridgehead atoms. The molecule has 0 spiro atoms. The van der Waals surface area contributed by atoms with Crippen LogP contribution in [0.15, 0.2) is 53.7 Å². The van der Waals surface area contributed by atoms with E-state index in [2.05, 4.69) is 20.0 Å². The van der Waals surface area contributed by atoms with Crippen molar-refractivity contribution in [1.82, 2.24) is 10.3 Å². The zero-order valence-corrected chi connectivity index (χ0v) is 19.1. The maximum Gasteiger partial charge on any atom is 0.422 e. The summed E-state index contributed by atoms with van der Waals surface area (Å²) in [7, 11) is 0. The average Bonchev–Trinajstić information content (AvgIpc) is 3.27. The predicted octanol–water partition coefficient (Wildman–Crippen LogP) is 5.93. The molecule has 0 fully saturated rings. The van der Waals surface area contributed by atoms with Crippen LogP contribution in [0, 0.1) is 0 Å². The number of hydrogen-bond donors (Lipinski definition) is 1. The zero-order valence-electron chi connectivity index (χ0n) is 19.1. The van der Waals surface area contributed by atoms with Crippen molar-refractivity contribution in [1.29, 1.82) is 0 Å². The number of aliphatic imine (C=N–C) groups is 1. The van der Waals surface area contributed by atoms with Crippen LogP contribution >= 0.6 is 0 Å². The van der Waals surface area contributed by atoms with Gasteiger partial charge in [-0.15, -0.1) is 0 Å². The summed E-state index contributed by atoms with van der Waals surface area (Å²) in [6.45, 7) is 2.40. The van der Waals surface area contributed by atoms with Crippen LogP contribution in [0.2, 0.25) is 0 Å². The number of carbonyl (C=O) groups excluding carboxylic acids is 1. The van der Waals surface area contributed by atoms with Crippen LogP contribution in [0.5, 0.6) is 5.75 Å². The van der Waals surface area contributed by atoms with Gasteiger partial charge in [0, 0.05) is 12.0 Å². The number of allylic oxidation sites excluding steroid dienone is 1. The number of carbonyl (C=O) groups is 1. The third kappa shape index (κ3) is 6.40. The first kappa shape index (κ1) is 26.2. The summed E-state index contributed by atoms with van der Waals surface area (Å²) in [4.78, 5) is 21.0. The normalized spacial score (nSPS) is 15.3. The summed E-state index contributed by atoms with van der Waals surface area (Å²) < 4.78 is 81.6. The van der Waals surface area contributed by atoms with E-state index in [9.17, 15) is 31.1 Å². The van der Waals surface area contributed by atoms with Crippen molar-refractivity contribution in [2.24, 2.45) is 4.99 Å². The van der Waals surface area contributed by atoms with Gasteiger partial charge in [-0.1, -0.05) is 24.3 Å². The molecule has 5 nitrogen and oxygen atoms in total. The van der Waals surface area contributed by atoms with Crippen LogP contribution in [-0.4, -0.2) is 35.6 Å². The number of hydrogen-bond acceptors (Lipinski definition) is 4. The molecule has 3 rings (SSSR count). The molecule has 0 aliphatic carbocycles. The van der Waals surface area contributed by atoms with Gasteiger partial charge >= 0.3 is 12.4 Å². The fourth-order valence-electron chi connectivity index (χ4n) is 3.24. The molecule has 2 aromatic rings. The van der Waals surface area contributed by atoms with Crippen LogP contribution in [-0.2, 0) is 10.2 Å². The van der Waals surface area contributed by atoms with Crippen molar-refractivity contribution in [2.75, 3.05) is 6.61 Å². The lowest BCUT2D eigenvalue weighted by molar-refractivity contribution is -0.180. The molecular formula is C24H23F6N3O2. The zero-order chi connectivity index (χ0) is 26.0. The maximum absolute atomic E-state index is 13.4. The van der Waals surface area contributed by atoms with E-state index in [-0.39, 0.29) is 23.4 Å². The lowest BCUT2D eigenvalue weighted by Crippen LogP contribution is -2.36. The largest absolute Gasteiger partial charge is 0.483 e. The second-order valence-corrected chi connectivity index (χ2v) is 8.57. The van der Waals surface area contributed by atoms with Crippen molar-refractivity contribution < 1.29 is 35.9 Å². The van der Waals surface area contributed by atoms with Gasteiger partial charge in [0.2, 0.25) is 0 Å². The van der Waals surface area contributed by atoms with Gasteiger partial charge in [-0.05, 0) is 44.5 Å². The molecule has 1 N–H and O–H groups in total. The number of benzene rings is 1. The average molecular weight is 499 g/mol.